The smallest absolute Gasteiger partial charge is 0.411 e. The molecule has 1 aliphatic heterocycles. The number of hydrogen-bond donors (Lipinski definition) is 3. The molecular weight excluding hydrogens is 732 g/mol. The number of nitrogens with zero attached hydrogens (tertiary/aromatic N) is 6. The largest absolute Gasteiger partial charge is 0.447 e. The van der Waals surface area contributed by atoms with E-state index >= 15 is 4.39 Å². The maximum absolute atomic E-state index is 16.2. The van der Waals surface area contributed by atoms with E-state index in [4.69, 9.17) is 21.7 Å². The third-order valence-electron chi connectivity index (χ3n) is 8.36. The third kappa shape index (κ3) is 7.91. The fraction of sp³-hybridized carbons (Fsp3) is 0.382. The highest BCUT2D eigenvalue weighted by Gasteiger charge is 2.56. The van der Waals surface area contributed by atoms with Crippen LogP contribution >= 0.6 is 11.6 Å². The summed E-state index contributed by atoms with van der Waals surface area (Å²) in [4.78, 5) is 40.3. The first-order valence-electron chi connectivity index (χ1n) is 15.9. The van der Waals surface area contributed by atoms with Crippen molar-refractivity contribution in [2.24, 2.45) is 5.41 Å². The second kappa shape index (κ2) is 14.3. The lowest BCUT2D eigenvalue weighted by Crippen LogP contribution is -2.54. The summed E-state index contributed by atoms with van der Waals surface area (Å²) in [5.74, 6) is -2.86. The van der Waals surface area contributed by atoms with E-state index < -0.39 is 71.3 Å². The van der Waals surface area contributed by atoms with Gasteiger partial charge in [-0.3, -0.25) is 15.1 Å². The van der Waals surface area contributed by atoms with E-state index in [9.17, 15) is 31.5 Å². The number of amides is 2. The molecular formula is C34H34ClF6N9O3. The number of hydrogen-bond acceptors (Lipinski definition) is 8. The van der Waals surface area contributed by atoms with Crippen molar-refractivity contribution in [3.8, 4) is 17.1 Å². The van der Waals surface area contributed by atoms with Gasteiger partial charge in [-0.05, 0) is 55.5 Å². The Morgan fingerprint density at radius 1 is 1.06 bits per heavy atom. The Hall–Kier alpha value is -5.26. The highest BCUT2D eigenvalue weighted by molar-refractivity contribution is 6.32. The average Bonchev–Trinajstić information content (AvgIpc) is 3.64. The zero-order valence-corrected chi connectivity index (χ0v) is 29.7. The molecule has 2 atom stereocenters. The number of nitrogens with one attached hydrogen (secondary N) is 3. The van der Waals surface area contributed by atoms with Gasteiger partial charge in [0.25, 0.3) is 12.3 Å². The molecule has 2 aromatic heterocycles. The van der Waals surface area contributed by atoms with Gasteiger partial charge in [0.15, 0.2) is 17.6 Å². The van der Waals surface area contributed by atoms with Gasteiger partial charge >= 0.3 is 12.3 Å². The van der Waals surface area contributed by atoms with Crippen LogP contribution in [0, 0.1) is 16.6 Å². The molecule has 0 saturated carbocycles. The first-order chi connectivity index (χ1) is 24.6. The van der Waals surface area contributed by atoms with Crippen LogP contribution in [0.15, 0.2) is 61.2 Å². The van der Waals surface area contributed by atoms with E-state index in [1.165, 1.54) is 42.7 Å². The molecule has 3 N–H and O–H groups in total. The molecule has 3 heterocycles. The lowest BCUT2D eigenvalue weighted by Gasteiger charge is -2.35. The molecule has 4 aromatic rings. The molecule has 19 heteroatoms. The molecule has 0 radical (unpaired) electrons. The van der Waals surface area contributed by atoms with Gasteiger partial charge in [-0.15, -0.1) is 0 Å². The normalized spacial score (nSPS) is 17.3. The van der Waals surface area contributed by atoms with Gasteiger partial charge in [-0.25, -0.2) is 37.6 Å². The van der Waals surface area contributed by atoms with Crippen molar-refractivity contribution in [3.05, 3.63) is 89.0 Å². The Morgan fingerprint density at radius 3 is 2.34 bits per heavy atom. The highest BCUT2D eigenvalue weighted by Crippen LogP contribution is 2.44. The molecule has 0 unspecified atom stereocenters. The standard InChI is InChI=1S/C34H34ClF6N9O3/c1-31(2,3)16-33(20-9-7-19(13-22(20)36)26-43-11-6-12-44-26)28(51)49(29(42)47-33)24(15-53-30(52)48-32(4,5)34(39,40)41)18-8-10-21(35)23(14-18)50-27(25(37)38)45-17-46-50/h6-14,17,24-25H,15-16H2,1-5H3,(H2,42,47)(H,48,52)/t24-,33-/m1/s1. The van der Waals surface area contributed by atoms with Gasteiger partial charge in [0.1, 0.15) is 29.8 Å². The number of alkyl halides is 5. The van der Waals surface area contributed by atoms with Crippen molar-refractivity contribution in [2.45, 2.75) is 70.8 Å². The summed E-state index contributed by atoms with van der Waals surface area (Å²) in [6.45, 7) is 5.94. The van der Waals surface area contributed by atoms with Crippen molar-refractivity contribution in [1.29, 1.82) is 5.41 Å². The molecule has 2 amide bonds. The predicted octanol–water partition coefficient (Wildman–Crippen LogP) is 7.26. The number of rotatable bonds is 10. The number of aromatic nitrogens is 5. The van der Waals surface area contributed by atoms with Crippen LogP contribution in [0.4, 0.5) is 31.1 Å². The van der Waals surface area contributed by atoms with E-state index in [0.717, 1.165) is 22.0 Å². The fourth-order valence-electron chi connectivity index (χ4n) is 5.88. The van der Waals surface area contributed by atoms with Crippen LogP contribution in [0.2, 0.25) is 5.02 Å². The summed E-state index contributed by atoms with van der Waals surface area (Å²) in [5.41, 5.74) is -5.28. The maximum atomic E-state index is 16.2. The minimum Gasteiger partial charge on any atom is -0.447 e. The molecule has 0 spiro atoms. The number of benzene rings is 2. The Balaban J connectivity index is 1.62. The molecule has 53 heavy (non-hydrogen) atoms. The SMILES string of the molecule is CC(C)(C)C[C@]1(c2ccc(-c3ncccn3)cc2F)NC(=N)N([C@H](COC(=O)NC(C)(C)C(F)(F)F)c2ccc(Cl)c(-n3ncnc3C(F)F)c2)C1=O. The molecule has 1 aliphatic rings. The van der Waals surface area contributed by atoms with Crippen molar-refractivity contribution in [2.75, 3.05) is 6.61 Å². The predicted molar refractivity (Wildman–Crippen MR) is 180 cm³/mol. The minimum atomic E-state index is -4.87. The van der Waals surface area contributed by atoms with Crippen LogP contribution in [0.3, 0.4) is 0 Å². The van der Waals surface area contributed by atoms with Crippen LogP contribution in [0.25, 0.3) is 17.1 Å². The summed E-state index contributed by atoms with van der Waals surface area (Å²) in [6.07, 6.45) is -5.72. The monoisotopic (exact) mass is 765 g/mol. The lowest BCUT2D eigenvalue weighted by atomic mass is 9.75. The van der Waals surface area contributed by atoms with Gasteiger partial charge in [0, 0.05) is 23.5 Å². The van der Waals surface area contributed by atoms with Crippen LogP contribution in [-0.4, -0.2) is 65.9 Å². The quantitative estimate of drug-likeness (QED) is 0.143. The Bertz CT molecular complexity index is 2020. The summed E-state index contributed by atoms with van der Waals surface area (Å²) in [5, 5.41) is 17.3. The molecule has 1 fully saturated rings. The van der Waals surface area contributed by atoms with Crippen molar-refractivity contribution in [1.82, 2.24) is 40.3 Å². The molecule has 0 bridgehead atoms. The van der Waals surface area contributed by atoms with Crippen LogP contribution in [0.1, 0.15) is 70.5 Å². The molecule has 12 nitrogen and oxygen atoms in total. The van der Waals surface area contributed by atoms with Gasteiger partial charge in [-0.1, -0.05) is 50.6 Å². The van der Waals surface area contributed by atoms with Gasteiger partial charge < -0.3 is 15.4 Å². The molecule has 5 rings (SSSR count). The number of carbonyl (C=O) groups is 2. The van der Waals surface area contributed by atoms with Crippen molar-refractivity contribution < 1.29 is 40.7 Å². The second-order valence-corrected chi connectivity index (χ2v) is 14.4. The molecule has 282 valence electrons. The van der Waals surface area contributed by atoms with Crippen molar-refractivity contribution >= 4 is 29.6 Å². The van der Waals surface area contributed by atoms with Crippen LogP contribution in [0.5, 0.6) is 0 Å². The number of ether oxygens (including phenoxy) is 1. The number of carbonyl (C=O) groups excluding carboxylic acids is 2. The summed E-state index contributed by atoms with van der Waals surface area (Å²) in [7, 11) is 0. The summed E-state index contributed by atoms with van der Waals surface area (Å²) >= 11 is 6.38. The third-order valence-corrected chi connectivity index (χ3v) is 8.68. The fourth-order valence-corrected chi connectivity index (χ4v) is 6.08. The number of alkyl carbamates (subject to hydrolysis) is 1. The van der Waals surface area contributed by atoms with E-state index in [1.807, 2.05) is 0 Å². The highest BCUT2D eigenvalue weighted by atomic mass is 35.5. The Labute approximate surface area is 304 Å². The molecule has 1 saturated heterocycles. The zero-order chi connectivity index (χ0) is 39.1. The molecule has 0 aliphatic carbocycles. The van der Waals surface area contributed by atoms with E-state index in [0.29, 0.717) is 19.4 Å². The summed E-state index contributed by atoms with van der Waals surface area (Å²) in [6, 6.07) is 7.95. The van der Waals surface area contributed by atoms with Gasteiger partial charge in [-0.2, -0.15) is 18.3 Å². The van der Waals surface area contributed by atoms with E-state index in [1.54, 1.807) is 32.2 Å². The zero-order valence-electron chi connectivity index (χ0n) is 28.9. The number of guanidine groups is 1. The Kier molecular flexibility index (Phi) is 10.5. The van der Waals surface area contributed by atoms with E-state index in [2.05, 4.69) is 25.4 Å². The van der Waals surface area contributed by atoms with Gasteiger partial charge in [0.2, 0.25) is 0 Å². The van der Waals surface area contributed by atoms with Crippen LogP contribution in [-0.2, 0) is 15.1 Å². The second-order valence-electron chi connectivity index (χ2n) is 14.0. The van der Waals surface area contributed by atoms with Crippen molar-refractivity contribution in [3.63, 3.8) is 0 Å². The molecule has 2 aromatic carbocycles. The Morgan fingerprint density at radius 2 is 1.74 bits per heavy atom. The first-order valence-corrected chi connectivity index (χ1v) is 16.3. The minimum absolute atomic E-state index is 0.0338. The van der Waals surface area contributed by atoms with Gasteiger partial charge in [0.05, 0.1) is 16.8 Å². The number of halogens is 7. The van der Waals surface area contributed by atoms with Crippen LogP contribution < -0.4 is 10.6 Å². The first kappa shape index (κ1) is 39.0. The summed E-state index contributed by atoms with van der Waals surface area (Å²) < 4.78 is 90.6. The van der Waals surface area contributed by atoms with E-state index in [-0.39, 0.29) is 34.1 Å². The lowest BCUT2D eigenvalue weighted by molar-refractivity contribution is -0.183. The maximum Gasteiger partial charge on any atom is 0.411 e. The average molecular weight is 766 g/mol. The topological polar surface area (TPSA) is 151 Å².